The van der Waals surface area contributed by atoms with Crippen LogP contribution in [-0.2, 0) is 18.0 Å². The molecule has 0 aliphatic carbocycles. The molecule has 1 aromatic heterocycles. The zero-order valence-corrected chi connectivity index (χ0v) is 40.9. The van der Waals surface area contributed by atoms with Gasteiger partial charge >= 0.3 is 0 Å². The molecule has 0 aliphatic heterocycles. The van der Waals surface area contributed by atoms with Crippen LogP contribution in [0.5, 0.6) is 0 Å². The minimum atomic E-state index is 0.421. The van der Waals surface area contributed by atoms with Crippen molar-refractivity contribution in [2.24, 2.45) is 0 Å². The first-order valence-electron chi connectivity index (χ1n) is 25.0. The van der Waals surface area contributed by atoms with Crippen LogP contribution < -0.4 is 4.90 Å². The predicted octanol–water partition coefficient (Wildman–Crippen LogP) is 18.8. The molecule has 10 rings (SSSR count). The minimum absolute atomic E-state index is 0.421. The van der Waals surface area contributed by atoms with Crippen molar-refractivity contribution in [3.8, 4) is 27.9 Å². The molecular formula is C67H62N2O. The molecule has 0 spiro atoms. The highest BCUT2D eigenvalue weighted by atomic mass is 16.5. The Bertz CT molecular complexity index is 3270. The summed E-state index contributed by atoms with van der Waals surface area (Å²) in [7, 11) is 0. The van der Waals surface area contributed by atoms with Gasteiger partial charge in [-0.2, -0.15) is 0 Å². The first-order valence-corrected chi connectivity index (χ1v) is 25.0. The van der Waals surface area contributed by atoms with Crippen molar-refractivity contribution in [2.45, 2.75) is 71.5 Å². The molecule has 70 heavy (non-hydrogen) atoms. The Morgan fingerprint density at radius 1 is 0.486 bits per heavy atom. The summed E-state index contributed by atoms with van der Waals surface area (Å²) in [6.45, 7) is 14.3. The van der Waals surface area contributed by atoms with Crippen molar-refractivity contribution in [2.75, 3.05) is 4.90 Å². The lowest BCUT2D eigenvalue weighted by atomic mass is 9.84. The quantitative estimate of drug-likeness (QED) is 0.0906. The largest absolute Gasteiger partial charge is 0.372 e. The lowest BCUT2D eigenvalue weighted by Gasteiger charge is -2.25. The molecule has 3 nitrogen and oxygen atoms in total. The summed E-state index contributed by atoms with van der Waals surface area (Å²) >= 11 is 0. The smallest absolute Gasteiger partial charge is 0.0721 e. The molecule has 2 unspecified atom stereocenters. The zero-order valence-electron chi connectivity index (χ0n) is 40.9. The van der Waals surface area contributed by atoms with E-state index in [0.29, 0.717) is 31.0 Å². The highest BCUT2D eigenvalue weighted by Gasteiger charge is 2.19. The third kappa shape index (κ3) is 9.90. The van der Waals surface area contributed by atoms with E-state index in [2.05, 4.69) is 262 Å². The molecule has 0 bridgehead atoms. The number of benzene rings is 9. The highest BCUT2D eigenvalue weighted by Crippen LogP contribution is 2.40. The molecule has 9 aromatic carbocycles. The third-order valence-corrected chi connectivity index (χ3v) is 14.2. The molecule has 2 atom stereocenters. The summed E-state index contributed by atoms with van der Waals surface area (Å²) in [5, 5.41) is 2.49. The van der Waals surface area contributed by atoms with Crippen molar-refractivity contribution < 1.29 is 4.74 Å². The van der Waals surface area contributed by atoms with Gasteiger partial charge in [0.05, 0.1) is 24.2 Å². The molecule has 0 saturated carbocycles. The van der Waals surface area contributed by atoms with Gasteiger partial charge in [0.25, 0.3) is 0 Å². The second-order valence-corrected chi connectivity index (χ2v) is 19.1. The number of fused-ring (bicyclic) bond motifs is 3. The Balaban J connectivity index is 0.904. The van der Waals surface area contributed by atoms with E-state index in [9.17, 15) is 0 Å². The fraction of sp³-hybridized carbons (Fsp3) is 0.164. The summed E-state index contributed by atoms with van der Waals surface area (Å²) in [5.74, 6) is 1.37. The van der Waals surface area contributed by atoms with Gasteiger partial charge < -0.3 is 14.2 Å². The molecule has 3 heteroatoms. The number of hydrogen-bond acceptors (Lipinski definition) is 2. The number of hydrogen-bond donors (Lipinski definition) is 0. The fourth-order valence-corrected chi connectivity index (χ4v) is 10.1. The maximum absolute atomic E-state index is 6.06. The van der Waals surface area contributed by atoms with Crippen LogP contribution in [-0.4, -0.2) is 4.57 Å². The van der Waals surface area contributed by atoms with E-state index >= 15 is 0 Å². The molecule has 0 N–H and O–H groups in total. The van der Waals surface area contributed by atoms with E-state index < -0.39 is 0 Å². The second kappa shape index (κ2) is 20.9. The van der Waals surface area contributed by atoms with E-state index in [0.717, 1.165) is 35.5 Å². The summed E-state index contributed by atoms with van der Waals surface area (Å²) < 4.78 is 8.50. The van der Waals surface area contributed by atoms with Gasteiger partial charge in [0.1, 0.15) is 0 Å². The van der Waals surface area contributed by atoms with Crippen LogP contribution in [0.2, 0.25) is 0 Å². The number of nitrogens with zero attached hydrogens (tertiary/aromatic N) is 2. The number of para-hydroxylation sites is 2. The summed E-state index contributed by atoms with van der Waals surface area (Å²) in [6, 6.07) is 80.1. The Morgan fingerprint density at radius 2 is 0.943 bits per heavy atom. The fourth-order valence-electron chi connectivity index (χ4n) is 10.1. The molecule has 1 heterocycles. The first-order chi connectivity index (χ1) is 34.3. The summed E-state index contributed by atoms with van der Waals surface area (Å²) in [4.78, 5) is 2.31. The van der Waals surface area contributed by atoms with Crippen LogP contribution in [0.4, 0.5) is 17.1 Å². The second-order valence-electron chi connectivity index (χ2n) is 19.1. The van der Waals surface area contributed by atoms with Crippen LogP contribution in [0, 0.1) is 0 Å². The number of ether oxygens (including phenoxy) is 1. The lowest BCUT2D eigenvalue weighted by molar-refractivity contribution is 0.107. The average Bonchev–Trinajstić information content (AvgIpc) is 3.74. The van der Waals surface area contributed by atoms with Crippen molar-refractivity contribution >= 4 is 44.9 Å². The first kappa shape index (κ1) is 46.0. The molecule has 0 fully saturated rings. The summed E-state index contributed by atoms with van der Waals surface area (Å²) in [6.07, 6.45) is 4.06. The van der Waals surface area contributed by atoms with Crippen LogP contribution in [0.25, 0.3) is 55.8 Å². The third-order valence-electron chi connectivity index (χ3n) is 14.2. The monoisotopic (exact) mass is 910 g/mol. The molecule has 346 valence electrons. The van der Waals surface area contributed by atoms with Crippen LogP contribution >= 0.6 is 0 Å². The Kier molecular flexibility index (Phi) is 13.7. The molecular weight excluding hydrogens is 849 g/mol. The van der Waals surface area contributed by atoms with E-state index in [4.69, 9.17) is 4.74 Å². The van der Waals surface area contributed by atoms with Gasteiger partial charge in [0, 0.05) is 33.5 Å². The molecule has 0 amide bonds. The van der Waals surface area contributed by atoms with E-state index in [1.165, 1.54) is 77.6 Å². The minimum Gasteiger partial charge on any atom is -0.372 e. The number of aromatic nitrogens is 1. The highest BCUT2D eigenvalue weighted by molar-refractivity contribution is 6.11. The van der Waals surface area contributed by atoms with E-state index in [1.807, 2.05) is 6.08 Å². The molecule has 0 saturated heterocycles. The van der Waals surface area contributed by atoms with Gasteiger partial charge in [-0.3, -0.25) is 0 Å². The maximum Gasteiger partial charge on any atom is 0.0721 e. The standard InChI is InChI=1S/C67H62N2O/c1-6-49-18-20-50(21-19-49)45-70-46-51-22-24-55(25-23-51)52(7-2)42-48(5)54-26-28-56(29-27-54)58-34-40-66-64(43-58)65-44-59(35-41-67(65)69(66)63-36-30-53(31-37-63)47(3)4)57-32-38-62(39-33-57)68(60-14-10-8-11-15-60)61-16-12-9-13-17-61/h6,8-41,43-44,47-48,52H,1,7,42,45-46H2,2-5H3. The maximum atomic E-state index is 6.06. The van der Waals surface area contributed by atoms with Crippen LogP contribution in [0.1, 0.15) is 91.7 Å². The molecule has 0 aliphatic rings. The van der Waals surface area contributed by atoms with Gasteiger partial charge in [0.15, 0.2) is 0 Å². The van der Waals surface area contributed by atoms with Gasteiger partial charge in [-0.05, 0) is 159 Å². The van der Waals surface area contributed by atoms with Crippen molar-refractivity contribution in [3.63, 3.8) is 0 Å². The SMILES string of the molecule is C=Cc1ccc(COCc2ccc(C(CC)CC(C)c3ccc(-c4ccc5c(c4)c4cc(-c6ccc(N(c7ccccc7)c7ccccc7)cc6)ccc4n5-c4ccc(C(C)C)cc4)cc3)cc2)cc1. The van der Waals surface area contributed by atoms with Crippen molar-refractivity contribution in [1.29, 1.82) is 0 Å². The van der Waals surface area contributed by atoms with Crippen LogP contribution in [0.15, 0.2) is 225 Å². The Labute approximate surface area is 415 Å². The van der Waals surface area contributed by atoms with E-state index in [1.54, 1.807) is 0 Å². The average molecular weight is 911 g/mol. The van der Waals surface area contributed by atoms with Gasteiger partial charge in [0.2, 0.25) is 0 Å². The van der Waals surface area contributed by atoms with Gasteiger partial charge in [-0.1, -0.05) is 186 Å². The van der Waals surface area contributed by atoms with Crippen LogP contribution in [0.3, 0.4) is 0 Å². The predicted molar refractivity (Wildman–Crippen MR) is 298 cm³/mol. The van der Waals surface area contributed by atoms with Gasteiger partial charge in [-0.25, -0.2) is 0 Å². The normalized spacial score (nSPS) is 12.4. The van der Waals surface area contributed by atoms with E-state index in [-0.39, 0.29) is 0 Å². The summed E-state index contributed by atoms with van der Waals surface area (Å²) in [5.41, 5.74) is 19.4. The topological polar surface area (TPSA) is 17.4 Å². The van der Waals surface area contributed by atoms with Crippen molar-refractivity contribution in [1.82, 2.24) is 4.57 Å². The zero-order chi connectivity index (χ0) is 48.0. The number of rotatable bonds is 17. The number of anilines is 3. The van der Waals surface area contributed by atoms with Gasteiger partial charge in [-0.15, -0.1) is 0 Å². The molecule has 0 radical (unpaired) electrons. The Hall–Kier alpha value is -7.72. The molecule has 10 aromatic rings. The van der Waals surface area contributed by atoms with Crippen molar-refractivity contribution in [3.05, 3.63) is 258 Å². The Morgan fingerprint density at radius 3 is 1.44 bits per heavy atom. The lowest BCUT2D eigenvalue weighted by Crippen LogP contribution is -2.09.